The fourth-order valence-electron chi connectivity index (χ4n) is 2.98. The summed E-state index contributed by atoms with van der Waals surface area (Å²) in [7, 11) is 1.34. The Morgan fingerprint density at radius 1 is 1.36 bits per heavy atom. The molecule has 1 aromatic rings. The third-order valence-corrected chi connectivity index (χ3v) is 5.05. The van der Waals surface area contributed by atoms with Gasteiger partial charge in [0, 0.05) is 6.04 Å². The number of methoxy groups -OCH3 is 1. The SMILES string of the molecule is CCN(CC(=O)Nc1ccsc1C(=O)OC)C1CCCCC1. The van der Waals surface area contributed by atoms with Crippen LogP contribution in [0.5, 0.6) is 0 Å². The molecule has 0 atom stereocenters. The number of rotatable bonds is 6. The lowest BCUT2D eigenvalue weighted by molar-refractivity contribution is -0.118. The maximum Gasteiger partial charge on any atom is 0.350 e. The summed E-state index contributed by atoms with van der Waals surface area (Å²) in [6.45, 7) is 3.33. The molecule has 1 aromatic heterocycles. The van der Waals surface area contributed by atoms with Gasteiger partial charge in [0.1, 0.15) is 4.88 Å². The summed E-state index contributed by atoms with van der Waals surface area (Å²) in [6, 6.07) is 2.25. The number of ether oxygens (including phenoxy) is 1. The highest BCUT2D eigenvalue weighted by Crippen LogP contribution is 2.24. The van der Waals surface area contributed by atoms with E-state index in [0.29, 0.717) is 23.2 Å². The van der Waals surface area contributed by atoms with E-state index in [2.05, 4.69) is 17.1 Å². The number of anilines is 1. The van der Waals surface area contributed by atoms with Crippen molar-refractivity contribution in [3.05, 3.63) is 16.3 Å². The summed E-state index contributed by atoms with van der Waals surface area (Å²) in [5.41, 5.74) is 0.543. The molecule has 122 valence electrons. The van der Waals surface area contributed by atoms with Gasteiger partial charge in [-0.3, -0.25) is 9.69 Å². The van der Waals surface area contributed by atoms with Gasteiger partial charge in [0.2, 0.25) is 5.91 Å². The number of carbonyl (C=O) groups excluding carboxylic acids is 2. The number of nitrogens with one attached hydrogen (secondary N) is 1. The van der Waals surface area contributed by atoms with Crippen LogP contribution >= 0.6 is 11.3 Å². The molecule has 5 nitrogen and oxygen atoms in total. The number of hydrogen-bond donors (Lipinski definition) is 1. The molecule has 1 saturated carbocycles. The monoisotopic (exact) mass is 324 g/mol. The van der Waals surface area contributed by atoms with E-state index in [4.69, 9.17) is 4.74 Å². The Morgan fingerprint density at radius 2 is 2.09 bits per heavy atom. The second-order valence-corrected chi connectivity index (χ2v) is 6.47. The quantitative estimate of drug-likeness (QED) is 0.817. The fraction of sp³-hybridized carbons (Fsp3) is 0.625. The predicted molar refractivity (Wildman–Crippen MR) is 88.4 cm³/mol. The number of nitrogens with zero attached hydrogens (tertiary/aromatic N) is 1. The van der Waals surface area contributed by atoms with Gasteiger partial charge < -0.3 is 10.1 Å². The van der Waals surface area contributed by atoms with Crippen molar-refractivity contribution in [2.45, 2.75) is 45.1 Å². The molecule has 1 amide bonds. The molecule has 1 N–H and O–H groups in total. The van der Waals surface area contributed by atoms with Crippen LogP contribution in [-0.4, -0.2) is 43.0 Å². The summed E-state index contributed by atoms with van der Waals surface area (Å²) in [6.07, 6.45) is 6.15. The first-order chi connectivity index (χ1) is 10.7. The van der Waals surface area contributed by atoms with E-state index in [1.807, 2.05) is 0 Å². The average molecular weight is 324 g/mol. The summed E-state index contributed by atoms with van der Waals surface area (Å²) in [4.78, 5) is 26.6. The maximum absolute atomic E-state index is 12.3. The van der Waals surface area contributed by atoms with Gasteiger partial charge in [-0.1, -0.05) is 26.2 Å². The molecule has 0 bridgehead atoms. The van der Waals surface area contributed by atoms with Crippen molar-refractivity contribution in [2.24, 2.45) is 0 Å². The lowest BCUT2D eigenvalue weighted by Crippen LogP contribution is -2.41. The van der Waals surface area contributed by atoms with Crippen molar-refractivity contribution in [3.63, 3.8) is 0 Å². The number of thiophene rings is 1. The third-order valence-electron chi connectivity index (χ3n) is 4.15. The molecule has 0 spiro atoms. The summed E-state index contributed by atoms with van der Waals surface area (Å²) < 4.78 is 4.72. The Kier molecular flexibility index (Phi) is 6.39. The summed E-state index contributed by atoms with van der Waals surface area (Å²) in [5.74, 6) is -0.485. The number of hydrogen-bond acceptors (Lipinski definition) is 5. The second-order valence-electron chi connectivity index (χ2n) is 5.56. The lowest BCUT2D eigenvalue weighted by atomic mass is 9.94. The van der Waals surface area contributed by atoms with Crippen LogP contribution in [0.3, 0.4) is 0 Å². The van der Waals surface area contributed by atoms with Crippen LogP contribution in [-0.2, 0) is 9.53 Å². The van der Waals surface area contributed by atoms with E-state index in [1.165, 1.54) is 50.6 Å². The lowest BCUT2D eigenvalue weighted by Gasteiger charge is -2.32. The van der Waals surface area contributed by atoms with Crippen LogP contribution in [0.2, 0.25) is 0 Å². The van der Waals surface area contributed by atoms with Crippen molar-refractivity contribution in [1.82, 2.24) is 4.90 Å². The van der Waals surface area contributed by atoms with Gasteiger partial charge >= 0.3 is 5.97 Å². The zero-order chi connectivity index (χ0) is 15.9. The molecule has 1 fully saturated rings. The Labute approximate surface area is 135 Å². The minimum absolute atomic E-state index is 0.0732. The third kappa shape index (κ3) is 4.30. The molecule has 0 unspecified atom stereocenters. The summed E-state index contributed by atoms with van der Waals surface area (Å²) in [5, 5.41) is 4.62. The highest BCUT2D eigenvalue weighted by Gasteiger charge is 2.22. The number of carbonyl (C=O) groups is 2. The van der Waals surface area contributed by atoms with E-state index < -0.39 is 5.97 Å². The van der Waals surface area contributed by atoms with Gasteiger partial charge in [-0.2, -0.15) is 0 Å². The van der Waals surface area contributed by atoms with Crippen molar-refractivity contribution in [3.8, 4) is 0 Å². The molecule has 22 heavy (non-hydrogen) atoms. The second kappa shape index (κ2) is 8.29. The van der Waals surface area contributed by atoms with E-state index in [1.54, 1.807) is 11.4 Å². The first-order valence-corrected chi connectivity index (χ1v) is 8.73. The van der Waals surface area contributed by atoms with Gasteiger partial charge in [0.05, 0.1) is 19.3 Å². The molecule has 1 aliphatic rings. The summed E-state index contributed by atoms with van der Waals surface area (Å²) >= 11 is 1.27. The van der Waals surface area contributed by atoms with Crippen molar-refractivity contribution < 1.29 is 14.3 Å². The molecule has 0 radical (unpaired) electrons. The molecular formula is C16H24N2O3S. The highest BCUT2D eigenvalue weighted by molar-refractivity contribution is 7.12. The van der Waals surface area contributed by atoms with Gasteiger partial charge in [-0.25, -0.2) is 4.79 Å². The Bertz CT molecular complexity index is 509. The van der Waals surface area contributed by atoms with Crippen LogP contribution < -0.4 is 5.32 Å². The molecule has 6 heteroatoms. The molecule has 1 aliphatic carbocycles. The van der Waals surface area contributed by atoms with Crippen LogP contribution in [0.4, 0.5) is 5.69 Å². The fourth-order valence-corrected chi connectivity index (χ4v) is 3.74. The van der Waals surface area contributed by atoms with Crippen LogP contribution in [0.15, 0.2) is 11.4 Å². The molecule has 0 saturated heterocycles. The zero-order valence-corrected chi connectivity index (χ0v) is 14.1. The largest absolute Gasteiger partial charge is 0.465 e. The van der Waals surface area contributed by atoms with Crippen molar-refractivity contribution in [1.29, 1.82) is 0 Å². The Hall–Kier alpha value is -1.40. The standard InChI is InChI=1S/C16H24N2O3S/c1-3-18(12-7-5-4-6-8-12)11-14(19)17-13-9-10-22-15(13)16(20)21-2/h9-10,12H,3-8,11H2,1-2H3,(H,17,19). The maximum atomic E-state index is 12.3. The van der Waals surface area contributed by atoms with E-state index >= 15 is 0 Å². The van der Waals surface area contributed by atoms with E-state index in [-0.39, 0.29) is 5.91 Å². The molecule has 0 aliphatic heterocycles. The Morgan fingerprint density at radius 3 is 2.73 bits per heavy atom. The average Bonchev–Trinajstić information content (AvgIpc) is 3.00. The van der Waals surface area contributed by atoms with Crippen molar-refractivity contribution in [2.75, 3.05) is 25.5 Å². The van der Waals surface area contributed by atoms with Gasteiger partial charge in [-0.15, -0.1) is 11.3 Å². The van der Waals surface area contributed by atoms with E-state index in [0.717, 1.165) is 6.54 Å². The molecule has 0 aromatic carbocycles. The topological polar surface area (TPSA) is 58.6 Å². The normalized spacial score (nSPS) is 15.8. The first-order valence-electron chi connectivity index (χ1n) is 7.85. The number of likely N-dealkylation sites (N-methyl/N-ethyl adjacent to an activating group) is 1. The minimum atomic E-state index is -0.412. The Balaban J connectivity index is 1.94. The van der Waals surface area contributed by atoms with Crippen LogP contribution in [0.25, 0.3) is 0 Å². The van der Waals surface area contributed by atoms with Gasteiger partial charge in [0.15, 0.2) is 0 Å². The molecule has 1 heterocycles. The van der Waals surface area contributed by atoms with E-state index in [9.17, 15) is 9.59 Å². The highest BCUT2D eigenvalue weighted by atomic mass is 32.1. The van der Waals surface area contributed by atoms with Crippen LogP contribution in [0, 0.1) is 0 Å². The van der Waals surface area contributed by atoms with Crippen LogP contribution in [0.1, 0.15) is 48.7 Å². The predicted octanol–water partition coefficient (Wildman–Crippen LogP) is 3.13. The molecular weight excluding hydrogens is 300 g/mol. The molecule has 2 rings (SSSR count). The van der Waals surface area contributed by atoms with Gasteiger partial charge in [0.25, 0.3) is 0 Å². The smallest absolute Gasteiger partial charge is 0.350 e. The minimum Gasteiger partial charge on any atom is -0.465 e. The number of amides is 1. The first kappa shape index (κ1) is 17.0. The number of esters is 1. The zero-order valence-electron chi connectivity index (χ0n) is 13.3. The van der Waals surface area contributed by atoms with Crippen molar-refractivity contribution >= 4 is 28.9 Å². The van der Waals surface area contributed by atoms with Gasteiger partial charge in [-0.05, 0) is 30.8 Å².